The van der Waals surface area contributed by atoms with Crippen LogP contribution in [0.1, 0.15) is 38.7 Å². The third-order valence-electron chi connectivity index (χ3n) is 6.14. The number of benzene rings is 2. The van der Waals surface area contributed by atoms with E-state index in [4.69, 9.17) is 0 Å². The van der Waals surface area contributed by atoms with Crippen LogP contribution in [0, 0.1) is 5.82 Å². The molecular weight excluding hydrogens is 415 g/mol. The van der Waals surface area contributed by atoms with Crippen LogP contribution in [0.5, 0.6) is 0 Å². The third kappa shape index (κ3) is 4.37. The van der Waals surface area contributed by atoms with Crippen molar-refractivity contribution in [2.45, 2.75) is 62.4 Å². The van der Waals surface area contributed by atoms with E-state index in [9.17, 15) is 17.6 Å². The Hall–Kier alpha value is -2.67. The average molecular weight is 443 g/mol. The highest BCUT2D eigenvalue weighted by molar-refractivity contribution is 7.90. The van der Waals surface area contributed by atoms with Crippen LogP contribution in [-0.2, 0) is 26.9 Å². The Bertz CT molecular complexity index is 1190. The number of hydrogen-bond donors (Lipinski definition) is 0. The number of nitrogens with zero attached hydrogens (tertiary/aromatic N) is 2. The second-order valence-corrected chi connectivity index (χ2v) is 10.4. The summed E-state index contributed by atoms with van der Waals surface area (Å²) in [6.07, 6.45) is 4.66. The van der Waals surface area contributed by atoms with E-state index in [1.165, 1.54) is 24.3 Å². The quantitative estimate of drug-likeness (QED) is 0.583. The summed E-state index contributed by atoms with van der Waals surface area (Å²) in [6.45, 7) is 4.24. The van der Waals surface area contributed by atoms with E-state index in [-0.39, 0.29) is 35.2 Å². The summed E-state index contributed by atoms with van der Waals surface area (Å²) >= 11 is 0. The van der Waals surface area contributed by atoms with E-state index >= 15 is 0 Å². The molecule has 3 aromatic rings. The molecule has 0 spiro atoms. The number of aromatic nitrogens is 1. The first-order valence-corrected chi connectivity index (χ1v) is 12.3. The van der Waals surface area contributed by atoms with Crippen molar-refractivity contribution in [3.8, 4) is 0 Å². The molecule has 2 heterocycles. The molecule has 31 heavy (non-hydrogen) atoms. The maximum atomic E-state index is 13.2. The lowest BCUT2D eigenvalue weighted by Gasteiger charge is -2.39. The van der Waals surface area contributed by atoms with Gasteiger partial charge in [-0.25, -0.2) is 12.8 Å². The smallest absolute Gasteiger partial charge is 0.242 e. The highest BCUT2D eigenvalue weighted by Crippen LogP contribution is 2.29. The monoisotopic (exact) mass is 442 g/mol. The molecule has 2 aromatic carbocycles. The van der Waals surface area contributed by atoms with Crippen LogP contribution in [-0.4, -0.2) is 35.9 Å². The van der Waals surface area contributed by atoms with Gasteiger partial charge in [-0.1, -0.05) is 30.3 Å². The van der Waals surface area contributed by atoms with E-state index < -0.39 is 15.7 Å². The van der Waals surface area contributed by atoms with Crippen LogP contribution in [0.15, 0.2) is 59.6 Å². The van der Waals surface area contributed by atoms with Crippen LogP contribution in [0.2, 0.25) is 0 Å². The van der Waals surface area contributed by atoms with Crippen molar-refractivity contribution in [3.05, 3.63) is 66.1 Å². The fourth-order valence-electron chi connectivity index (χ4n) is 4.61. The molecule has 164 valence electrons. The Morgan fingerprint density at radius 1 is 1.03 bits per heavy atom. The summed E-state index contributed by atoms with van der Waals surface area (Å²) in [4.78, 5) is 15.3. The number of rotatable bonds is 5. The van der Waals surface area contributed by atoms with Crippen molar-refractivity contribution in [3.63, 3.8) is 0 Å². The molecule has 0 radical (unpaired) electrons. The van der Waals surface area contributed by atoms with E-state index in [0.29, 0.717) is 16.5 Å². The molecule has 7 heteroatoms. The summed E-state index contributed by atoms with van der Waals surface area (Å²) in [7, 11) is -3.68. The molecule has 4 rings (SSSR count). The van der Waals surface area contributed by atoms with Crippen molar-refractivity contribution in [2.24, 2.45) is 0 Å². The Morgan fingerprint density at radius 3 is 2.35 bits per heavy atom. The van der Waals surface area contributed by atoms with Crippen molar-refractivity contribution in [1.82, 2.24) is 9.47 Å². The van der Waals surface area contributed by atoms with Crippen LogP contribution in [0.3, 0.4) is 0 Å². The second kappa shape index (κ2) is 8.46. The molecule has 2 atom stereocenters. The first kappa shape index (κ1) is 21.6. The topological polar surface area (TPSA) is 59.4 Å². The van der Waals surface area contributed by atoms with Gasteiger partial charge in [-0.15, -0.1) is 0 Å². The first-order valence-electron chi connectivity index (χ1n) is 10.6. The minimum Gasteiger partial charge on any atom is -0.337 e. The zero-order chi connectivity index (χ0) is 22.2. The predicted octanol–water partition coefficient (Wildman–Crippen LogP) is 4.54. The number of hydrogen-bond acceptors (Lipinski definition) is 3. The molecule has 1 aromatic heterocycles. The van der Waals surface area contributed by atoms with Crippen LogP contribution in [0.25, 0.3) is 10.9 Å². The van der Waals surface area contributed by atoms with E-state index in [0.717, 1.165) is 19.3 Å². The number of carbonyl (C=O) groups excluding carboxylic acids is 1. The van der Waals surface area contributed by atoms with Gasteiger partial charge < -0.3 is 9.47 Å². The zero-order valence-electron chi connectivity index (χ0n) is 17.8. The SMILES string of the molecule is CC1CCCC(C)N1C(=O)Cn1cc(S(=O)(=O)Cc2ccc(F)cc2)c2ccccc21. The molecule has 1 fully saturated rings. The van der Waals surface area contributed by atoms with Gasteiger partial charge in [0.1, 0.15) is 12.4 Å². The Balaban J connectivity index is 1.67. The minimum absolute atomic E-state index is 0.00272. The maximum absolute atomic E-state index is 13.2. The predicted molar refractivity (Wildman–Crippen MR) is 119 cm³/mol. The molecule has 0 saturated carbocycles. The van der Waals surface area contributed by atoms with E-state index in [1.807, 2.05) is 17.0 Å². The van der Waals surface area contributed by atoms with Crippen LogP contribution >= 0.6 is 0 Å². The molecule has 1 saturated heterocycles. The van der Waals surface area contributed by atoms with Crippen molar-refractivity contribution in [2.75, 3.05) is 0 Å². The Morgan fingerprint density at radius 2 is 1.68 bits per heavy atom. The molecule has 5 nitrogen and oxygen atoms in total. The minimum atomic E-state index is -3.68. The highest BCUT2D eigenvalue weighted by Gasteiger charge is 2.30. The van der Waals surface area contributed by atoms with Gasteiger partial charge in [0.15, 0.2) is 9.84 Å². The third-order valence-corrected chi connectivity index (χ3v) is 7.85. The van der Waals surface area contributed by atoms with Gasteiger partial charge in [0.05, 0.1) is 10.6 Å². The summed E-state index contributed by atoms with van der Waals surface area (Å²) < 4.78 is 41.3. The van der Waals surface area contributed by atoms with Gasteiger partial charge in [-0.05, 0) is 56.9 Å². The molecule has 1 amide bonds. The van der Waals surface area contributed by atoms with Gasteiger partial charge in [0.2, 0.25) is 5.91 Å². The second-order valence-electron chi connectivity index (χ2n) is 8.45. The van der Waals surface area contributed by atoms with Gasteiger partial charge in [-0.2, -0.15) is 0 Å². The lowest BCUT2D eigenvalue weighted by Crippen LogP contribution is -2.48. The fraction of sp³-hybridized carbons (Fsp3) is 0.375. The van der Waals surface area contributed by atoms with Crippen molar-refractivity contribution >= 4 is 26.6 Å². The number of amides is 1. The lowest BCUT2D eigenvalue weighted by molar-refractivity contribution is -0.137. The number of likely N-dealkylation sites (tertiary alicyclic amines) is 1. The normalized spacial score (nSPS) is 19.6. The summed E-state index contributed by atoms with van der Waals surface area (Å²) in [5.74, 6) is -0.629. The molecule has 1 aliphatic rings. The zero-order valence-corrected chi connectivity index (χ0v) is 18.6. The first-order chi connectivity index (χ1) is 14.8. The van der Waals surface area contributed by atoms with Gasteiger partial charge in [0, 0.05) is 29.2 Å². The number of sulfone groups is 1. The van der Waals surface area contributed by atoms with Gasteiger partial charge in [0.25, 0.3) is 0 Å². The van der Waals surface area contributed by atoms with Crippen LogP contribution < -0.4 is 0 Å². The lowest BCUT2D eigenvalue weighted by atomic mass is 9.97. The number of para-hydroxylation sites is 1. The highest BCUT2D eigenvalue weighted by atomic mass is 32.2. The summed E-state index contributed by atoms with van der Waals surface area (Å²) in [5, 5.41) is 0.595. The fourth-order valence-corrected chi connectivity index (χ4v) is 6.19. The maximum Gasteiger partial charge on any atom is 0.242 e. The Kier molecular flexibility index (Phi) is 5.88. The molecular formula is C24H27FN2O3S. The standard InChI is InChI=1S/C24H27FN2O3S/c1-17-6-5-7-18(2)27(17)24(28)15-26-14-23(21-8-3-4-9-22(21)26)31(29,30)16-19-10-12-20(25)13-11-19/h3-4,8-14,17-18H,5-7,15-16H2,1-2H3. The summed E-state index contributed by atoms with van der Waals surface area (Å²) in [5.41, 5.74) is 1.23. The van der Waals surface area contributed by atoms with Crippen molar-refractivity contribution < 1.29 is 17.6 Å². The van der Waals surface area contributed by atoms with Crippen LogP contribution in [0.4, 0.5) is 4.39 Å². The Labute approximate surface area is 182 Å². The van der Waals surface area contributed by atoms with E-state index in [2.05, 4.69) is 13.8 Å². The average Bonchev–Trinajstić information content (AvgIpc) is 3.09. The largest absolute Gasteiger partial charge is 0.337 e. The number of piperidine rings is 1. The number of carbonyl (C=O) groups is 1. The van der Waals surface area contributed by atoms with Gasteiger partial charge >= 0.3 is 0 Å². The van der Waals surface area contributed by atoms with Crippen molar-refractivity contribution in [1.29, 1.82) is 0 Å². The molecule has 0 N–H and O–H groups in total. The number of fused-ring (bicyclic) bond motifs is 1. The molecule has 1 aliphatic heterocycles. The van der Waals surface area contributed by atoms with E-state index in [1.54, 1.807) is 22.9 Å². The molecule has 0 bridgehead atoms. The number of halogens is 1. The summed E-state index contributed by atoms with van der Waals surface area (Å²) in [6, 6.07) is 13.1. The van der Waals surface area contributed by atoms with Gasteiger partial charge in [-0.3, -0.25) is 4.79 Å². The molecule has 0 aliphatic carbocycles. The molecule has 2 unspecified atom stereocenters.